The number of hydrogen-bond acceptors (Lipinski definition) is 3. The van der Waals surface area contributed by atoms with Gasteiger partial charge in [0.25, 0.3) is 0 Å². The first kappa shape index (κ1) is 15.8. The zero-order valence-corrected chi connectivity index (χ0v) is 15.8. The molecule has 1 aliphatic rings. The Morgan fingerprint density at radius 1 is 1.35 bits per heavy atom. The van der Waals surface area contributed by atoms with Crippen molar-refractivity contribution in [3.63, 3.8) is 0 Å². The average molecular weight is 476 g/mol. The van der Waals surface area contributed by atoms with Gasteiger partial charge in [-0.3, -0.25) is 0 Å². The maximum atomic E-state index is 4.61. The van der Waals surface area contributed by atoms with Gasteiger partial charge < -0.3 is 4.90 Å². The molecule has 0 saturated heterocycles. The predicted octanol–water partition coefficient (Wildman–Crippen LogP) is 4.93. The molecular weight excluding hydrogens is 458 g/mol. The Morgan fingerprint density at radius 2 is 2.00 bits per heavy atom. The molecular formula is C12H18I2N2S. The van der Waals surface area contributed by atoms with Crippen LogP contribution in [0.15, 0.2) is 4.99 Å². The van der Waals surface area contributed by atoms with Crippen molar-refractivity contribution < 1.29 is 0 Å². The lowest BCUT2D eigenvalue weighted by Gasteiger charge is -2.22. The monoisotopic (exact) mass is 476 g/mol. The second-order valence-electron chi connectivity index (χ2n) is 4.48. The summed E-state index contributed by atoms with van der Waals surface area (Å²) in [4.78, 5) is 8.50. The van der Waals surface area contributed by atoms with Gasteiger partial charge in [-0.15, -0.1) is 11.3 Å². The minimum absolute atomic E-state index is 1.10. The van der Waals surface area contributed by atoms with Gasteiger partial charge in [0.2, 0.25) is 0 Å². The third kappa shape index (κ3) is 4.14. The molecule has 0 bridgehead atoms. The van der Waals surface area contributed by atoms with Crippen LogP contribution in [0.3, 0.4) is 0 Å². The first-order valence-electron chi connectivity index (χ1n) is 5.54. The van der Waals surface area contributed by atoms with Gasteiger partial charge in [-0.25, -0.2) is 4.99 Å². The number of halogens is 2. The van der Waals surface area contributed by atoms with Crippen molar-refractivity contribution in [1.29, 1.82) is 0 Å². The van der Waals surface area contributed by atoms with Crippen LogP contribution in [0, 0.1) is 6.92 Å². The molecule has 0 aromatic carbocycles. The lowest BCUT2D eigenvalue weighted by Crippen LogP contribution is -2.25. The van der Waals surface area contributed by atoms with Crippen LogP contribution in [0.2, 0.25) is 0 Å². The summed E-state index contributed by atoms with van der Waals surface area (Å²) in [6.07, 6.45) is 1.19. The van der Waals surface area contributed by atoms with Crippen LogP contribution in [0.1, 0.15) is 29.9 Å². The lowest BCUT2D eigenvalue weighted by molar-refractivity contribution is 0.317. The first-order chi connectivity index (χ1) is 8.08. The Morgan fingerprint density at radius 3 is 2.59 bits per heavy atom. The molecule has 2 nitrogen and oxygen atoms in total. The zero-order chi connectivity index (χ0) is 13.0. The van der Waals surface area contributed by atoms with E-state index in [1.165, 1.54) is 28.4 Å². The van der Waals surface area contributed by atoms with Crippen molar-refractivity contribution in [3.8, 4) is 0 Å². The minimum Gasteiger partial charge on any atom is -0.301 e. The van der Waals surface area contributed by atoms with Crippen molar-refractivity contribution in [2.24, 2.45) is 4.99 Å². The molecule has 17 heavy (non-hydrogen) atoms. The Kier molecular flexibility index (Phi) is 6.89. The molecule has 5 heteroatoms. The summed E-state index contributed by atoms with van der Waals surface area (Å²) in [5, 5.41) is 1.22. The van der Waals surface area contributed by atoms with Gasteiger partial charge in [0.05, 0.1) is 0 Å². The van der Waals surface area contributed by atoms with Crippen molar-refractivity contribution in [2.45, 2.75) is 33.7 Å². The molecule has 0 N–H and O–H groups in total. The fraction of sp³-hybridized carbons (Fsp3) is 0.583. The molecule has 0 spiro atoms. The summed E-state index contributed by atoms with van der Waals surface area (Å²) in [5.41, 5.74) is 4.10. The van der Waals surface area contributed by atoms with E-state index in [-0.39, 0.29) is 0 Å². The van der Waals surface area contributed by atoms with Gasteiger partial charge in [0, 0.05) is 60.9 Å². The Labute approximate surface area is 131 Å². The molecule has 0 atom stereocenters. The van der Waals surface area contributed by atoms with E-state index in [4.69, 9.17) is 0 Å². The summed E-state index contributed by atoms with van der Waals surface area (Å²) in [5.74, 6) is 0. The molecule has 0 amide bonds. The maximum Gasteiger partial charge on any atom is 0.119 e. The first-order valence-corrected chi connectivity index (χ1v) is 12.6. The maximum absolute atomic E-state index is 4.61. The molecule has 0 fully saturated rings. The van der Waals surface area contributed by atoms with E-state index < -0.39 is 0 Å². The van der Waals surface area contributed by atoms with Crippen LogP contribution in [0.25, 0.3) is 0 Å². The number of likely N-dealkylation sites (N-methyl/N-ethyl adjacent to an activating group) is 1. The van der Waals surface area contributed by atoms with Crippen LogP contribution < -0.4 is 0 Å². The highest BCUT2D eigenvalue weighted by atomic mass is 128. The summed E-state index contributed by atoms with van der Waals surface area (Å²) in [7, 11) is 2.19. The normalized spacial score (nSPS) is 14.7. The van der Waals surface area contributed by atoms with Crippen LogP contribution >= 0.6 is 48.6 Å². The molecule has 2 rings (SSSR count). The van der Waals surface area contributed by atoms with Crippen molar-refractivity contribution >= 4 is 59.3 Å². The molecule has 2 heterocycles. The van der Waals surface area contributed by atoms with Gasteiger partial charge in [0.15, 0.2) is 0 Å². The van der Waals surface area contributed by atoms with Gasteiger partial charge in [0.1, 0.15) is 5.00 Å². The summed E-state index contributed by atoms with van der Waals surface area (Å²) >= 11 is 6.10. The topological polar surface area (TPSA) is 15.6 Å². The summed E-state index contributed by atoms with van der Waals surface area (Å²) in [6, 6.07) is 0. The molecule has 96 valence electrons. The Balaban J connectivity index is 0.000000686. The number of aliphatic imine (C=N–C) groups is 1. The lowest BCUT2D eigenvalue weighted by atomic mass is 10.0. The van der Waals surface area contributed by atoms with E-state index in [2.05, 4.69) is 74.9 Å². The second-order valence-corrected chi connectivity index (χ2v) is 5.56. The number of fused-ring (bicyclic) bond motifs is 1. The fourth-order valence-corrected chi connectivity index (χ4v) is 3.39. The van der Waals surface area contributed by atoms with Crippen LogP contribution in [0.5, 0.6) is 0 Å². The van der Waals surface area contributed by atoms with Gasteiger partial charge >= 0.3 is 0 Å². The molecule has 1 aromatic rings. The molecule has 0 aliphatic carbocycles. The Bertz CT molecular complexity index is 409. The van der Waals surface area contributed by atoms with Crippen LogP contribution in [-0.2, 0) is 13.0 Å². The van der Waals surface area contributed by atoms with Crippen molar-refractivity contribution in [2.75, 3.05) is 13.6 Å². The average Bonchev–Trinajstić information content (AvgIpc) is 2.57. The van der Waals surface area contributed by atoms with Crippen LogP contribution in [0.4, 0.5) is 5.00 Å². The largest absolute Gasteiger partial charge is 0.301 e. The minimum atomic E-state index is 1.10. The third-order valence-corrected chi connectivity index (χ3v) is 4.02. The van der Waals surface area contributed by atoms with E-state index >= 15 is 0 Å². The van der Waals surface area contributed by atoms with Gasteiger partial charge in [-0.05, 0) is 45.4 Å². The number of hydrogen-bond donors (Lipinski definition) is 0. The van der Waals surface area contributed by atoms with Crippen molar-refractivity contribution in [3.05, 3.63) is 16.0 Å². The zero-order valence-electron chi connectivity index (χ0n) is 10.7. The van der Waals surface area contributed by atoms with E-state index in [1.807, 2.05) is 11.3 Å². The Hall–Kier alpha value is 0.790. The van der Waals surface area contributed by atoms with Crippen LogP contribution in [-0.4, -0.2) is 24.2 Å². The van der Waals surface area contributed by atoms with Crippen molar-refractivity contribution in [1.82, 2.24) is 4.90 Å². The van der Waals surface area contributed by atoms with E-state index in [9.17, 15) is 0 Å². The summed E-state index contributed by atoms with van der Waals surface area (Å²) in [6.45, 7) is 8.61. The number of thiophene rings is 1. The standard InChI is InChI=1S/C12H18N2S.I2/c1-8(2)13-12-9(3)10-5-6-14(4)7-11(10)15-12;1-2/h5-7H2,1-4H3;. The summed E-state index contributed by atoms with van der Waals surface area (Å²) < 4.78 is 0. The molecule has 1 aromatic heterocycles. The molecule has 0 saturated carbocycles. The van der Waals surface area contributed by atoms with E-state index in [1.54, 1.807) is 5.56 Å². The fourth-order valence-electron chi connectivity index (χ4n) is 1.98. The van der Waals surface area contributed by atoms with E-state index in [0.717, 1.165) is 12.3 Å². The smallest absolute Gasteiger partial charge is 0.119 e. The highest BCUT2D eigenvalue weighted by Crippen LogP contribution is 2.37. The van der Waals surface area contributed by atoms with Gasteiger partial charge in [-0.2, -0.15) is 0 Å². The quantitative estimate of drug-likeness (QED) is 0.415. The third-order valence-electron chi connectivity index (χ3n) is 2.81. The highest BCUT2D eigenvalue weighted by molar-refractivity contribution is 15.0. The molecule has 1 aliphatic heterocycles. The second kappa shape index (κ2) is 7.40. The molecule has 0 radical (unpaired) electrons. The van der Waals surface area contributed by atoms with Gasteiger partial charge in [-0.1, -0.05) is 0 Å². The number of nitrogens with zero attached hydrogens (tertiary/aromatic N) is 2. The highest BCUT2D eigenvalue weighted by Gasteiger charge is 2.19. The number of rotatable bonds is 1. The predicted molar refractivity (Wildman–Crippen MR) is 95.6 cm³/mol. The SMILES string of the molecule is CC(C)=Nc1sc2c(c1C)CCN(C)C2.II. The van der Waals surface area contributed by atoms with E-state index in [0.29, 0.717) is 0 Å². The molecule has 0 unspecified atom stereocenters.